The first-order chi connectivity index (χ1) is 28.6. The van der Waals surface area contributed by atoms with Gasteiger partial charge in [0.05, 0.1) is 0 Å². The molecular weight excluding hydrogens is 864 g/mol. The molecule has 0 aliphatic heterocycles. The summed E-state index contributed by atoms with van der Waals surface area (Å²) in [5.41, 5.74) is 3.13. The predicted octanol–water partition coefficient (Wildman–Crippen LogP) is 13.1. The lowest BCUT2D eigenvalue weighted by molar-refractivity contribution is -0.178. The molecule has 0 amide bonds. The fraction of sp³-hybridized carbons (Fsp3) is 0.395. The minimum Gasteiger partial charge on any atom is -0.457 e. The summed E-state index contributed by atoms with van der Waals surface area (Å²) in [5, 5.41) is 1.73. The SMILES string of the molecule is CCC(=O)OC1CCC(OC(=O)CC(F)(F)F)c2ccc(-c3cc4cc5sc(-c6ccc7c(c6)C(CC(=O)CC(F)(F)F)CCC7OC(=O)CC(F)(F)F)cc5cc4s3)cc21. The van der Waals surface area contributed by atoms with Crippen molar-refractivity contribution < 1.29 is 72.9 Å². The monoisotopic (exact) mass is 898 g/mol. The zero-order valence-electron chi connectivity index (χ0n) is 32.0. The van der Waals surface area contributed by atoms with Crippen LogP contribution in [-0.4, -0.2) is 42.2 Å². The molecule has 4 unspecified atom stereocenters. The Kier molecular flexibility index (Phi) is 12.3. The summed E-state index contributed by atoms with van der Waals surface area (Å²) in [4.78, 5) is 50.6. The Bertz CT molecular complexity index is 2450. The number of benzene rings is 3. The third kappa shape index (κ3) is 10.7. The highest BCUT2D eigenvalue weighted by atomic mass is 32.1. The van der Waals surface area contributed by atoms with Crippen LogP contribution in [0.5, 0.6) is 0 Å². The number of fused-ring (bicyclic) bond motifs is 4. The average Bonchev–Trinajstić information content (AvgIpc) is 3.76. The summed E-state index contributed by atoms with van der Waals surface area (Å²) < 4.78 is 134. The van der Waals surface area contributed by atoms with Crippen molar-refractivity contribution in [3.63, 3.8) is 0 Å². The van der Waals surface area contributed by atoms with Gasteiger partial charge in [-0.2, -0.15) is 39.5 Å². The molecule has 3 aromatic carbocycles. The van der Waals surface area contributed by atoms with E-state index in [1.54, 1.807) is 43.3 Å². The topological polar surface area (TPSA) is 96.0 Å². The number of hydrogen-bond acceptors (Lipinski definition) is 9. The van der Waals surface area contributed by atoms with Crippen molar-refractivity contribution in [2.45, 2.75) is 107 Å². The van der Waals surface area contributed by atoms with Gasteiger partial charge < -0.3 is 14.2 Å². The van der Waals surface area contributed by atoms with Crippen LogP contribution in [0.25, 0.3) is 41.1 Å². The molecule has 324 valence electrons. The second kappa shape index (κ2) is 17.1. The minimum atomic E-state index is -4.80. The van der Waals surface area contributed by atoms with Gasteiger partial charge in [-0.3, -0.25) is 19.2 Å². The summed E-state index contributed by atoms with van der Waals surface area (Å²) in [5.74, 6) is -5.08. The molecule has 5 aromatic rings. The zero-order chi connectivity index (χ0) is 44.0. The summed E-state index contributed by atoms with van der Waals surface area (Å²) >= 11 is 2.87. The van der Waals surface area contributed by atoms with Gasteiger partial charge in [0.15, 0.2) is 0 Å². The summed E-state index contributed by atoms with van der Waals surface area (Å²) in [7, 11) is 0. The number of esters is 3. The number of carbonyl (C=O) groups is 4. The number of hydrogen-bond donors (Lipinski definition) is 0. The standard InChI is InChI=1S/C43H35F9O7S2/c1-2-38(54)57-33-10-9-32(59-40(56)20-43(50,51)52)28-7-4-23(13-30(28)33)35-15-25-17-36-24(16-37(25)61-35)14-34(60-36)22-3-6-27-29(12-22)21(11-26(53)18-41(44,45)46)5-8-31(27)58-39(55)19-42(47,48)49/h3-4,6-7,12-17,21,31-33H,2,5,8-11,18-20H2,1H3. The maximum atomic E-state index is 13.1. The summed E-state index contributed by atoms with van der Waals surface area (Å²) in [6, 6.07) is 18.0. The first kappa shape index (κ1) is 44.1. The summed E-state index contributed by atoms with van der Waals surface area (Å²) in [6.45, 7) is 1.64. The van der Waals surface area contributed by atoms with E-state index in [1.165, 1.54) is 22.7 Å². The second-order valence-electron chi connectivity index (χ2n) is 15.1. The Balaban J connectivity index is 1.18. The van der Waals surface area contributed by atoms with Crippen LogP contribution in [0.15, 0.2) is 60.7 Å². The van der Waals surface area contributed by atoms with E-state index in [0.29, 0.717) is 27.8 Å². The van der Waals surface area contributed by atoms with Crippen molar-refractivity contribution in [2.24, 2.45) is 0 Å². The molecular formula is C43H35F9O7S2. The first-order valence-corrected chi connectivity index (χ1v) is 20.8. The van der Waals surface area contributed by atoms with E-state index in [0.717, 1.165) is 35.5 Å². The van der Waals surface area contributed by atoms with E-state index in [1.807, 2.05) is 24.3 Å². The van der Waals surface area contributed by atoms with Crippen LogP contribution >= 0.6 is 22.7 Å². The molecule has 0 spiro atoms. The second-order valence-corrected chi connectivity index (χ2v) is 17.3. The van der Waals surface area contributed by atoms with E-state index >= 15 is 0 Å². The average molecular weight is 899 g/mol. The van der Waals surface area contributed by atoms with Crippen molar-refractivity contribution in [3.05, 3.63) is 82.9 Å². The third-order valence-corrected chi connectivity index (χ3v) is 12.8. The highest BCUT2D eigenvalue weighted by Crippen LogP contribution is 2.47. The molecule has 2 aromatic heterocycles. The van der Waals surface area contributed by atoms with E-state index in [-0.39, 0.29) is 32.1 Å². The molecule has 7 nitrogen and oxygen atoms in total. The Hall–Kier alpha value is -4.97. The van der Waals surface area contributed by atoms with Crippen LogP contribution in [0, 0.1) is 0 Å². The van der Waals surface area contributed by atoms with Gasteiger partial charge in [0.2, 0.25) is 0 Å². The number of ketones is 1. The molecule has 0 fully saturated rings. The maximum Gasteiger partial charge on any atom is 0.399 e. The fourth-order valence-corrected chi connectivity index (χ4v) is 10.1. The smallest absolute Gasteiger partial charge is 0.399 e. The molecule has 0 bridgehead atoms. The Labute approximate surface area is 349 Å². The van der Waals surface area contributed by atoms with Crippen LogP contribution in [0.2, 0.25) is 0 Å². The van der Waals surface area contributed by atoms with Crippen molar-refractivity contribution in [2.75, 3.05) is 0 Å². The van der Waals surface area contributed by atoms with Gasteiger partial charge in [0.1, 0.15) is 43.4 Å². The highest BCUT2D eigenvalue weighted by Gasteiger charge is 2.39. The Morgan fingerprint density at radius 3 is 1.44 bits per heavy atom. The van der Waals surface area contributed by atoms with Crippen LogP contribution in [-0.2, 0) is 33.4 Å². The number of carbonyl (C=O) groups excluding carboxylic acids is 4. The fourth-order valence-electron chi connectivity index (χ4n) is 7.93. The highest BCUT2D eigenvalue weighted by molar-refractivity contribution is 7.23. The van der Waals surface area contributed by atoms with Gasteiger partial charge in [0.25, 0.3) is 0 Å². The number of rotatable bonds is 11. The van der Waals surface area contributed by atoms with Crippen molar-refractivity contribution >= 4 is 66.5 Å². The third-order valence-electron chi connectivity index (χ3n) is 10.5. The molecule has 0 saturated heterocycles. The van der Waals surface area contributed by atoms with E-state index in [4.69, 9.17) is 14.2 Å². The number of thiophene rings is 2. The predicted molar refractivity (Wildman–Crippen MR) is 208 cm³/mol. The van der Waals surface area contributed by atoms with Crippen LogP contribution in [0.3, 0.4) is 0 Å². The molecule has 0 radical (unpaired) electrons. The van der Waals surface area contributed by atoms with Gasteiger partial charge in [-0.15, -0.1) is 22.7 Å². The van der Waals surface area contributed by atoms with E-state index in [9.17, 15) is 58.7 Å². The lowest BCUT2D eigenvalue weighted by Gasteiger charge is -2.31. The van der Waals surface area contributed by atoms with Crippen LogP contribution in [0.1, 0.15) is 111 Å². The molecule has 4 atom stereocenters. The molecule has 7 rings (SSSR count). The largest absolute Gasteiger partial charge is 0.457 e. The number of Topliss-reactive ketones (excluding diaryl/α,β-unsaturated/α-hetero) is 1. The molecule has 2 heterocycles. The van der Waals surface area contributed by atoms with Gasteiger partial charge in [-0.1, -0.05) is 31.2 Å². The molecule has 18 heteroatoms. The van der Waals surface area contributed by atoms with Gasteiger partial charge >= 0.3 is 36.4 Å². The molecule has 61 heavy (non-hydrogen) atoms. The van der Waals surface area contributed by atoms with Crippen LogP contribution in [0.4, 0.5) is 39.5 Å². The summed E-state index contributed by atoms with van der Waals surface area (Å²) in [6.07, 6.45) is -21.9. The minimum absolute atomic E-state index is 0.0289. The van der Waals surface area contributed by atoms with Crippen molar-refractivity contribution in [3.8, 4) is 20.9 Å². The molecule has 0 N–H and O–H groups in total. The molecule has 2 aliphatic carbocycles. The molecule has 0 saturated carbocycles. The molecule has 2 aliphatic rings. The first-order valence-electron chi connectivity index (χ1n) is 19.2. The van der Waals surface area contributed by atoms with Crippen molar-refractivity contribution in [1.82, 2.24) is 0 Å². The number of ether oxygens (including phenoxy) is 3. The Morgan fingerprint density at radius 2 is 0.967 bits per heavy atom. The van der Waals surface area contributed by atoms with Crippen molar-refractivity contribution in [1.29, 1.82) is 0 Å². The van der Waals surface area contributed by atoms with Gasteiger partial charge in [-0.05, 0) is 112 Å². The number of halogens is 9. The normalized spacial score (nSPS) is 19.3. The lowest BCUT2D eigenvalue weighted by atomic mass is 9.77. The van der Waals surface area contributed by atoms with Gasteiger partial charge in [0, 0.05) is 32.0 Å². The van der Waals surface area contributed by atoms with E-state index in [2.05, 4.69) is 0 Å². The maximum absolute atomic E-state index is 13.1. The van der Waals surface area contributed by atoms with Gasteiger partial charge in [-0.25, -0.2) is 0 Å². The number of alkyl halides is 9. The lowest BCUT2D eigenvalue weighted by Crippen LogP contribution is -2.24. The zero-order valence-corrected chi connectivity index (χ0v) is 33.7. The quantitative estimate of drug-likeness (QED) is 0.0740. The van der Waals surface area contributed by atoms with E-state index < -0.39 is 92.1 Å². The van der Waals surface area contributed by atoms with Crippen LogP contribution < -0.4 is 0 Å². The Morgan fingerprint density at radius 1 is 0.541 bits per heavy atom.